The summed E-state index contributed by atoms with van der Waals surface area (Å²) in [6, 6.07) is 0.744. The summed E-state index contributed by atoms with van der Waals surface area (Å²) >= 11 is 0. The standard InChI is InChI=1S/C13H28N2O2/c1-10(2)15(5)9-7-8-14-12(4)11(3)13(16)17-6/h10-12,14H,7-9H2,1-6H3. The van der Waals surface area contributed by atoms with Crippen LogP contribution in [0.4, 0.5) is 0 Å². The number of carbonyl (C=O) groups excluding carboxylic acids is 1. The molecule has 0 amide bonds. The van der Waals surface area contributed by atoms with Gasteiger partial charge in [-0.15, -0.1) is 0 Å². The highest BCUT2D eigenvalue weighted by molar-refractivity contribution is 5.72. The van der Waals surface area contributed by atoms with Crippen LogP contribution >= 0.6 is 0 Å². The fourth-order valence-corrected chi connectivity index (χ4v) is 1.48. The molecule has 0 aliphatic rings. The Morgan fingerprint density at radius 1 is 1.29 bits per heavy atom. The first-order valence-corrected chi connectivity index (χ1v) is 6.41. The number of nitrogens with zero attached hydrogens (tertiary/aromatic N) is 1. The molecule has 0 aliphatic carbocycles. The normalized spacial score (nSPS) is 15.1. The van der Waals surface area contributed by atoms with Gasteiger partial charge < -0.3 is 15.0 Å². The number of methoxy groups -OCH3 is 1. The Morgan fingerprint density at radius 3 is 2.35 bits per heavy atom. The lowest BCUT2D eigenvalue weighted by molar-refractivity contribution is -0.145. The molecule has 4 nitrogen and oxygen atoms in total. The van der Waals surface area contributed by atoms with Crippen LogP contribution < -0.4 is 5.32 Å². The average molecular weight is 244 g/mol. The summed E-state index contributed by atoms with van der Waals surface area (Å²) in [5.41, 5.74) is 0. The summed E-state index contributed by atoms with van der Waals surface area (Å²) < 4.78 is 4.72. The van der Waals surface area contributed by atoms with Crippen molar-refractivity contribution in [1.82, 2.24) is 10.2 Å². The number of nitrogens with one attached hydrogen (secondary N) is 1. The molecular weight excluding hydrogens is 216 g/mol. The van der Waals surface area contributed by atoms with E-state index in [1.807, 2.05) is 13.8 Å². The van der Waals surface area contributed by atoms with Gasteiger partial charge in [-0.3, -0.25) is 4.79 Å². The first-order chi connectivity index (χ1) is 7.90. The average Bonchev–Trinajstić information content (AvgIpc) is 2.31. The maximum atomic E-state index is 11.3. The predicted molar refractivity (Wildman–Crippen MR) is 71.0 cm³/mol. The summed E-state index contributed by atoms with van der Waals surface area (Å²) in [6.07, 6.45) is 1.09. The van der Waals surface area contributed by atoms with Crippen LogP contribution in [0.2, 0.25) is 0 Å². The Morgan fingerprint density at radius 2 is 1.88 bits per heavy atom. The van der Waals surface area contributed by atoms with Crippen LogP contribution in [0.5, 0.6) is 0 Å². The summed E-state index contributed by atoms with van der Waals surface area (Å²) in [6.45, 7) is 10.3. The van der Waals surface area contributed by atoms with Crippen molar-refractivity contribution >= 4 is 5.97 Å². The largest absolute Gasteiger partial charge is 0.469 e. The minimum Gasteiger partial charge on any atom is -0.469 e. The molecule has 0 aliphatic heterocycles. The minimum absolute atomic E-state index is 0.0946. The Hall–Kier alpha value is -0.610. The molecule has 0 rings (SSSR count). The van der Waals surface area contributed by atoms with E-state index in [-0.39, 0.29) is 17.9 Å². The second-order valence-corrected chi connectivity index (χ2v) is 4.98. The van der Waals surface area contributed by atoms with Gasteiger partial charge in [0, 0.05) is 12.1 Å². The lowest BCUT2D eigenvalue weighted by atomic mass is 10.0. The van der Waals surface area contributed by atoms with Gasteiger partial charge in [0.1, 0.15) is 0 Å². The van der Waals surface area contributed by atoms with Crippen LogP contribution in [0.15, 0.2) is 0 Å². The van der Waals surface area contributed by atoms with E-state index in [0.717, 1.165) is 19.5 Å². The Kier molecular flexibility index (Phi) is 8.17. The van der Waals surface area contributed by atoms with Crippen LogP contribution in [0.25, 0.3) is 0 Å². The molecule has 0 fully saturated rings. The number of carbonyl (C=O) groups is 1. The van der Waals surface area contributed by atoms with Gasteiger partial charge in [-0.05, 0) is 47.3 Å². The zero-order valence-electron chi connectivity index (χ0n) is 12.1. The SMILES string of the molecule is COC(=O)C(C)C(C)NCCCN(C)C(C)C. The molecule has 17 heavy (non-hydrogen) atoms. The Bertz CT molecular complexity index is 219. The van der Waals surface area contributed by atoms with Crippen LogP contribution in [0, 0.1) is 5.92 Å². The number of hydrogen-bond donors (Lipinski definition) is 1. The van der Waals surface area contributed by atoms with Crippen molar-refractivity contribution < 1.29 is 9.53 Å². The van der Waals surface area contributed by atoms with Gasteiger partial charge in [-0.1, -0.05) is 6.92 Å². The van der Waals surface area contributed by atoms with Crippen LogP contribution in [-0.4, -0.2) is 50.2 Å². The Labute approximate surface area is 106 Å². The molecule has 0 heterocycles. The van der Waals surface area contributed by atoms with Gasteiger partial charge in [0.2, 0.25) is 0 Å². The first-order valence-electron chi connectivity index (χ1n) is 6.41. The zero-order chi connectivity index (χ0) is 13.4. The van der Waals surface area contributed by atoms with Gasteiger partial charge in [0.15, 0.2) is 0 Å². The van der Waals surface area contributed by atoms with Crippen molar-refractivity contribution in [3.8, 4) is 0 Å². The van der Waals surface area contributed by atoms with Gasteiger partial charge >= 0.3 is 5.97 Å². The second kappa shape index (κ2) is 8.48. The molecule has 0 radical (unpaired) electrons. The molecule has 2 atom stereocenters. The van der Waals surface area contributed by atoms with E-state index >= 15 is 0 Å². The highest BCUT2D eigenvalue weighted by Crippen LogP contribution is 2.04. The number of ether oxygens (including phenoxy) is 1. The highest BCUT2D eigenvalue weighted by atomic mass is 16.5. The van der Waals surface area contributed by atoms with Crippen LogP contribution in [0.1, 0.15) is 34.1 Å². The van der Waals surface area contributed by atoms with Crippen molar-refractivity contribution in [3.05, 3.63) is 0 Å². The van der Waals surface area contributed by atoms with Gasteiger partial charge in [0.05, 0.1) is 13.0 Å². The summed E-state index contributed by atoms with van der Waals surface area (Å²) in [7, 11) is 3.56. The molecule has 102 valence electrons. The fourth-order valence-electron chi connectivity index (χ4n) is 1.48. The third kappa shape index (κ3) is 6.64. The smallest absolute Gasteiger partial charge is 0.309 e. The zero-order valence-corrected chi connectivity index (χ0v) is 12.1. The maximum absolute atomic E-state index is 11.3. The molecule has 0 spiro atoms. The maximum Gasteiger partial charge on any atom is 0.309 e. The van der Waals surface area contributed by atoms with E-state index in [9.17, 15) is 4.79 Å². The van der Waals surface area contributed by atoms with Gasteiger partial charge in [0.25, 0.3) is 0 Å². The third-order valence-corrected chi connectivity index (χ3v) is 3.36. The molecule has 0 aromatic carbocycles. The molecule has 0 aromatic rings. The lowest BCUT2D eigenvalue weighted by Gasteiger charge is -2.22. The van der Waals surface area contributed by atoms with Crippen molar-refractivity contribution in [2.45, 2.75) is 46.2 Å². The van der Waals surface area contributed by atoms with Crippen LogP contribution in [0.3, 0.4) is 0 Å². The van der Waals surface area contributed by atoms with Crippen molar-refractivity contribution in [3.63, 3.8) is 0 Å². The van der Waals surface area contributed by atoms with E-state index in [1.54, 1.807) is 0 Å². The van der Waals surface area contributed by atoms with E-state index in [0.29, 0.717) is 6.04 Å². The number of hydrogen-bond acceptors (Lipinski definition) is 4. The number of esters is 1. The molecule has 2 unspecified atom stereocenters. The lowest BCUT2D eigenvalue weighted by Crippen LogP contribution is -2.38. The summed E-state index contributed by atoms with van der Waals surface area (Å²) in [5, 5.41) is 3.36. The van der Waals surface area contributed by atoms with Gasteiger partial charge in [-0.25, -0.2) is 0 Å². The van der Waals surface area contributed by atoms with Gasteiger partial charge in [-0.2, -0.15) is 0 Å². The summed E-state index contributed by atoms with van der Waals surface area (Å²) in [5.74, 6) is -0.243. The first kappa shape index (κ1) is 16.4. The molecule has 1 N–H and O–H groups in total. The molecular formula is C13H28N2O2. The van der Waals surface area contributed by atoms with Crippen molar-refractivity contribution in [2.75, 3.05) is 27.2 Å². The molecule has 0 bridgehead atoms. The topological polar surface area (TPSA) is 41.6 Å². The minimum atomic E-state index is -0.149. The molecule has 0 saturated carbocycles. The second-order valence-electron chi connectivity index (χ2n) is 4.98. The van der Waals surface area contributed by atoms with E-state index in [4.69, 9.17) is 4.74 Å². The molecule has 0 aromatic heterocycles. The van der Waals surface area contributed by atoms with E-state index < -0.39 is 0 Å². The molecule has 0 saturated heterocycles. The van der Waals surface area contributed by atoms with E-state index in [1.165, 1.54) is 7.11 Å². The van der Waals surface area contributed by atoms with Crippen molar-refractivity contribution in [1.29, 1.82) is 0 Å². The quantitative estimate of drug-likeness (QED) is 0.519. The predicted octanol–water partition coefficient (Wildman–Crippen LogP) is 1.50. The summed E-state index contributed by atoms with van der Waals surface area (Å²) in [4.78, 5) is 13.6. The highest BCUT2D eigenvalue weighted by Gasteiger charge is 2.19. The monoisotopic (exact) mass is 244 g/mol. The van der Waals surface area contributed by atoms with Crippen molar-refractivity contribution in [2.24, 2.45) is 5.92 Å². The fraction of sp³-hybridized carbons (Fsp3) is 0.923. The third-order valence-electron chi connectivity index (χ3n) is 3.36. The van der Waals surface area contributed by atoms with E-state index in [2.05, 4.69) is 31.1 Å². The number of rotatable bonds is 8. The molecule has 4 heteroatoms. The Balaban J connectivity index is 3.71. The van der Waals surface area contributed by atoms with Crippen LogP contribution in [-0.2, 0) is 9.53 Å².